The molecule has 0 aliphatic carbocycles. The summed E-state index contributed by atoms with van der Waals surface area (Å²) >= 11 is 0. The molecule has 0 saturated carbocycles. The molecule has 0 aliphatic heterocycles. The highest BCUT2D eigenvalue weighted by Gasteiger charge is 2.23. The zero-order valence-corrected chi connectivity index (χ0v) is 13.2. The van der Waals surface area contributed by atoms with Gasteiger partial charge in [-0.1, -0.05) is 12.1 Å². The van der Waals surface area contributed by atoms with Gasteiger partial charge in [0.15, 0.2) is 0 Å². The van der Waals surface area contributed by atoms with E-state index in [4.69, 9.17) is 9.47 Å². The predicted molar refractivity (Wildman–Crippen MR) is 79.9 cm³/mol. The molecule has 1 aromatic rings. The Morgan fingerprint density at radius 1 is 1.29 bits per heavy atom. The van der Waals surface area contributed by atoms with Crippen LogP contribution in [0.2, 0.25) is 0 Å². The summed E-state index contributed by atoms with van der Waals surface area (Å²) in [7, 11) is 1.59. The van der Waals surface area contributed by atoms with Gasteiger partial charge in [0.1, 0.15) is 11.6 Å². The van der Waals surface area contributed by atoms with E-state index in [0.29, 0.717) is 12.2 Å². The number of ether oxygens (including phenoxy) is 2. The van der Waals surface area contributed by atoms with Gasteiger partial charge in [-0.15, -0.1) is 0 Å². The molecule has 21 heavy (non-hydrogen) atoms. The van der Waals surface area contributed by atoms with Crippen LogP contribution in [0.5, 0.6) is 0 Å². The molecule has 1 aromatic carbocycles. The first-order valence-corrected chi connectivity index (χ1v) is 6.84. The topological polar surface area (TPSA) is 64.6 Å². The Morgan fingerprint density at radius 3 is 2.52 bits per heavy atom. The van der Waals surface area contributed by atoms with Gasteiger partial charge in [0.05, 0.1) is 6.61 Å². The molecule has 0 heterocycles. The largest absolute Gasteiger partial charge is 0.458 e. The fourth-order valence-corrected chi connectivity index (χ4v) is 1.70. The van der Waals surface area contributed by atoms with Crippen molar-refractivity contribution >= 4 is 11.9 Å². The maximum Gasteiger partial charge on any atom is 0.328 e. The number of esters is 1. The summed E-state index contributed by atoms with van der Waals surface area (Å²) in [6, 6.07) is 6.37. The molecule has 1 amide bonds. The molecule has 0 aromatic heterocycles. The Bertz CT molecular complexity index is 505. The Kier molecular flexibility index (Phi) is 5.90. The number of amides is 1. The second-order valence-corrected chi connectivity index (χ2v) is 5.86. The van der Waals surface area contributed by atoms with E-state index < -0.39 is 17.6 Å². The molecule has 1 atom stereocenters. The lowest BCUT2D eigenvalue weighted by atomic mass is 10.1. The first-order valence-electron chi connectivity index (χ1n) is 6.84. The van der Waals surface area contributed by atoms with Crippen LogP contribution in [0, 0.1) is 0 Å². The molecule has 0 spiro atoms. The van der Waals surface area contributed by atoms with Gasteiger partial charge in [-0.3, -0.25) is 4.79 Å². The van der Waals surface area contributed by atoms with E-state index in [1.165, 1.54) is 0 Å². The van der Waals surface area contributed by atoms with Crippen molar-refractivity contribution < 1.29 is 19.1 Å². The second-order valence-electron chi connectivity index (χ2n) is 5.86. The molecule has 1 rings (SSSR count). The molecular formula is C16H23NO4. The van der Waals surface area contributed by atoms with Crippen LogP contribution in [0.4, 0.5) is 0 Å². The molecule has 116 valence electrons. The Labute approximate surface area is 125 Å². The summed E-state index contributed by atoms with van der Waals surface area (Å²) in [6.45, 7) is 7.39. The van der Waals surface area contributed by atoms with Crippen LogP contribution in [0.25, 0.3) is 0 Å². The van der Waals surface area contributed by atoms with Crippen molar-refractivity contribution in [2.24, 2.45) is 0 Å². The number of carbonyl (C=O) groups excluding carboxylic acids is 2. The van der Waals surface area contributed by atoms with Crippen molar-refractivity contribution in [2.45, 2.75) is 45.9 Å². The van der Waals surface area contributed by atoms with E-state index in [1.54, 1.807) is 53.0 Å². The SMILES string of the molecule is COCc1cccc(C(=O)N[C@H](C)C(=O)OC(C)(C)C)c1. The molecule has 0 radical (unpaired) electrons. The number of methoxy groups -OCH3 is 1. The van der Waals surface area contributed by atoms with E-state index in [0.717, 1.165) is 5.56 Å². The van der Waals surface area contributed by atoms with Gasteiger partial charge in [-0.05, 0) is 45.4 Å². The fourth-order valence-electron chi connectivity index (χ4n) is 1.70. The van der Waals surface area contributed by atoms with Crippen molar-refractivity contribution in [1.29, 1.82) is 0 Å². The third-order valence-electron chi connectivity index (χ3n) is 2.61. The molecule has 0 fully saturated rings. The number of benzene rings is 1. The minimum absolute atomic E-state index is 0.314. The van der Waals surface area contributed by atoms with E-state index in [1.807, 2.05) is 6.07 Å². The van der Waals surface area contributed by atoms with E-state index in [9.17, 15) is 9.59 Å². The quantitative estimate of drug-likeness (QED) is 0.846. The summed E-state index contributed by atoms with van der Waals surface area (Å²) in [4.78, 5) is 24.0. The Morgan fingerprint density at radius 2 is 1.95 bits per heavy atom. The molecule has 0 unspecified atom stereocenters. The predicted octanol–water partition coefficient (Wildman–Crippen LogP) is 2.29. The van der Waals surface area contributed by atoms with Crippen molar-refractivity contribution in [3.05, 3.63) is 35.4 Å². The Balaban J connectivity index is 2.68. The first-order chi connectivity index (χ1) is 9.73. The third-order valence-corrected chi connectivity index (χ3v) is 2.61. The van der Waals surface area contributed by atoms with Gasteiger partial charge in [0.2, 0.25) is 0 Å². The van der Waals surface area contributed by atoms with Gasteiger partial charge in [-0.25, -0.2) is 4.79 Å². The van der Waals surface area contributed by atoms with Crippen molar-refractivity contribution in [1.82, 2.24) is 5.32 Å². The van der Waals surface area contributed by atoms with Gasteiger partial charge >= 0.3 is 5.97 Å². The monoisotopic (exact) mass is 293 g/mol. The molecule has 0 saturated heterocycles. The molecule has 5 nitrogen and oxygen atoms in total. The van der Waals surface area contributed by atoms with Crippen LogP contribution in [0.15, 0.2) is 24.3 Å². The maximum absolute atomic E-state index is 12.1. The van der Waals surface area contributed by atoms with Crippen molar-refractivity contribution in [3.63, 3.8) is 0 Å². The van der Waals surface area contributed by atoms with Gasteiger partial charge in [-0.2, -0.15) is 0 Å². The van der Waals surface area contributed by atoms with Crippen molar-refractivity contribution in [2.75, 3.05) is 7.11 Å². The van der Waals surface area contributed by atoms with Gasteiger partial charge in [0, 0.05) is 12.7 Å². The highest BCUT2D eigenvalue weighted by Crippen LogP contribution is 2.10. The zero-order valence-electron chi connectivity index (χ0n) is 13.2. The summed E-state index contributed by atoms with van der Waals surface area (Å²) in [5.41, 5.74) is 0.809. The van der Waals surface area contributed by atoms with Crippen LogP contribution >= 0.6 is 0 Å². The van der Waals surface area contributed by atoms with Gasteiger partial charge < -0.3 is 14.8 Å². The second kappa shape index (κ2) is 7.22. The van der Waals surface area contributed by atoms with Crippen LogP contribution in [-0.2, 0) is 20.9 Å². The van der Waals surface area contributed by atoms with Gasteiger partial charge in [0.25, 0.3) is 5.91 Å². The lowest BCUT2D eigenvalue weighted by Gasteiger charge is -2.22. The first kappa shape index (κ1) is 17.2. The number of nitrogens with one attached hydrogen (secondary N) is 1. The highest BCUT2D eigenvalue weighted by molar-refractivity contribution is 5.96. The molecule has 5 heteroatoms. The lowest BCUT2D eigenvalue weighted by Crippen LogP contribution is -2.42. The zero-order chi connectivity index (χ0) is 16.0. The van der Waals surface area contributed by atoms with Crippen LogP contribution in [-0.4, -0.2) is 30.6 Å². The fraction of sp³-hybridized carbons (Fsp3) is 0.500. The van der Waals surface area contributed by atoms with Crippen LogP contribution in [0.3, 0.4) is 0 Å². The number of hydrogen-bond acceptors (Lipinski definition) is 4. The summed E-state index contributed by atoms with van der Waals surface area (Å²) in [6.07, 6.45) is 0. The lowest BCUT2D eigenvalue weighted by molar-refractivity contribution is -0.156. The summed E-state index contributed by atoms with van der Waals surface area (Å²) in [5, 5.41) is 2.63. The molecular weight excluding hydrogens is 270 g/mol. The minimum atomic E-state index is -0.706. The third kappa shape index (κ3) is 5.95. The minimum Gasteiger partial charge on any atom is -0.458 e. The normalized spacial score (nSPS) is 12.6. The standard InChI is InChI=1S/C16H23NO4/c1-11(15(19)21-16(2,3)4)17-14(18)13-8-6-7-12(9-13)10-20-5/h6-9,11H,10H2,1-5H3,(H,17,18)/t11-/m1/s1. The highest BCUT2D eigenvalue weighted by atomic mass is 16.6. The summed E-state index contributed by atoms with van der Waals surface area (Å²) in [5.74, 6) is -0.768. The van der Waals surface area contributed by atoms with Crippen molar-refractivity contribution in [3.8, 4) is 0 Å². The smallest absolute Gasteiger partial charge is 0.328 e. The molecule has 0 aliphatic rings. The number of carbonyl (C=O) groups is 2. The maximum atomic E-state index is 12.1. The van der Waals surface area contributed by atoms with E-state index >= 15 is 0 Å². The van der Waals surface area contributed by atoms with E-state index in [-0.39, 0.29) is 5.91 Å². The van der Waals surface area contributed by atoms with Crippen LogP contribution in [0.1, 0.15) is 43.6 Å². The van der Waals surface area contributed by atoms with E-state index in [2.05, 4.69) is 5.32 Å². The molecule has 1 N–H and O–H groups in total. The van der Waals surface area contributed by atoms with Crippen LogP contribution < -0.4 is 5.32 Å². The average molecular weight is 293 g/mol. The number of hydrogen-bond donors (Lipinski definition) is 1. The average Bonchev–Trinajstić information content (AvgIpc) is 2.37. The molecule has 0 bridgehead atoms. The number of rotatable bonds is 5. The summed E-state index contributed by atoms with van der Waals surface area (Å²) < 4.78 is 10.3. The Hall–Kier alpha value is -1.88.